The Labute approximate surface area is 92.6 Å². The highest BCUT2D eigenvalue weighted by Crippen LogP contribution is 2.18. The van der Waals surface area contributed by atoms with Crippen molar-refractivity contribution in [2.24, 2.45) is 0 Å². The smallest absolute Gasteiger partial charge is 0.0555 e. The van der Waals surface area contributed by atoms with Gasteiger partial charge in [-0.2, -0.15) is 0 Å². The van der Waals surface area contributed by atoms with Gasteiger partial charge in [0.2, 0.25) is 0 Å². The molecule has 1 saturated carbocycles. The van der Waals surface area contributed by atoms with E-state index in [0.717, 1.165) is 19.4 Å². The van der Waals surface area contributed by atoms with Crippen molar-refractivity contribution in [2.45, 2.75) is 63.1 Å². The van der Waals surface area contributed by atoms with Gasteiger partial charge < -0.3 is 15.7 Å². The molecule has 88 valence electrons. The summed E-state index contributed by atoms with van der Waals surface area (Å²) in [7, 11) is 0. The summed E-state index contributed by atoms with van der Waals surface area (Å²) in [4.78, 5) is 0. The summed E-state index contributed by atoms with van der Waals surface area (Å²) in [6.45, 7) is 2.26. The number of piperidine rings is 1. The molecule has 0 aromatic carbocycles. The first-order valence-corrected chi connectivity index (χ1v) is 6.49. The maximum Gasteiger partial charge on any atom is 0.0555 e. The average Bonchev–Trinajstić information content (AvgIpc) is 2.28. The Kier molecular flexibility index (Phi) is 4.42. The van der Waals surface area contributed by atoms with E-state index in [-0.39, 0.29) is 6.10 Å². The lowest BCUT2D eigenvalue weighted by Crippen LogP contribution is -2.46. The second-order valence-corrected chi connectivity index (χ2v) is 5.07. The van der Waals surface area contributed by atoms with Crippen LogP contribution in [0.3, 0.4) is 0 Å². The second kappa shape index (κ2) is 5.83. The molecular formula is C12H24N2O. The third kappa shape index (κ3) is 3.74. The molecule has 3 N–H and O–H groups in total. The SMILES string of the molecule is OC1CCCC(NCC2CCCCN2)C1. The molecular weight excluding hydrogens is 188 g/mol. The molecule has 2 rings (SSSR count). The summed E-state index contributed by atoms with van der Waals surface area (Å²) < 4.78 is 0. The Morgan fingerprint density at radius 3 is 2.80 bits per heavy atom. The summed E-state index contributed by atoms with van der Waals surface area (Å²) in [5.74, 6) is 0. The van der Waals surface area contributed by atoms with Crippen LogP contribution >= 0.6 is 0 Å². The minimum absolute atomic E-state index is 0.0597. The first-order chi connectivity index (χ1) is 7.34. The van der Waals surface area contributed by atoms with Gasteiger partial charge in [0.25, 0.3) is 0 Å². The van der Waals surface area contributed by atoms with E-state index in [2.05, 4.69) is 10.6 Å². The van der Waals surface area contributed by atoms with E-state index >= 15 is 0 Å². The zero-order chi connectivity index (χ0) is 10.5. The van der Waals surface area contributed by atoms with Crippen LogP contribution in [0.15, 0.2) is 0 Å². The third-order valence-corrected chi connectivity index (χ3v) is 3.71. The number of hydrogen-bond acceptors (Lipinski definition) is 3. The van der Waals surface area contributed by atoms with E-state index in [1.807, 2.05) is 0 Å². The minimum atomic E-state index is -0.0597. The van der Waals surface area contributed by atoms with Gasteiger partial charge in [0.1, 0.15) is 0 Å². The van der Waals surface area contributed by atoms with Crippen molar-refractivity contribution in [1.29, 1.82) is 0 Å². The maximum absolute atomic E-state index is 9.56. The molecule has 0 spiro atoms. The third-order valence-electron chi connectivity index (χ3n) is 3.71. The number of aliphatic hydroxyl groups is 1. The van der Waals surface area contributed by atoms with Gasteiger partial charge in [-0.3, -0.25) is 0 Å². The highest BCUT2D eigenvalue weighted by Gasteiger charge is 2.21. The van der Waals surface area contributed by atoms with Crippen molar-refractivity contribution in [1.82, 2.24) is 10.6 Å². The van der Waals surface area contributed by atoms with Crippen LogP contribution in [0.2, 0.25) is 0 Å². The number of hydrogen-bond donors (Lipinski definition) is 3. The minimum Gasteiger partial charge on any atom is -0.393 e. The van der Waals surface area contributed by atoms with Crippen LogP contribution in [0.1, 0.15) is 44.9 Å². The zero-order valence-corrected chi connectivity index (χ0v) is 9.54. The number of aliphatic hydroxyl groups excluding tert-OH is 1. The molecule has 3 nitrogen and oxygen atoms in total. The Bertz CT molecular complexity index is 180. The van der Waals surface area contributed by atoms with E-state index in [4.69, 9.17) is 0 Å². The predicted molar refractivity (Wildman–Crippen MR) is 61.9 cm³/mol. The first kappa shape index (κ1) is 11.4. The fraction of sp³-hybridized carbons (Fsp3) is 1.00. The van der Waals surface area contributed by atoms with Gasteiger partial charge in [0.05, 0.1) is 6.10 Å². The van der Waals surface area contributed by atoms with E-state index < -0.39 is 0 Å². The van der Waals surface area contributed by atoms with Crippen molar-refractivity contribution in [3.05, 3.63) is 0 Å². The molecule has 1 saturated heterocycles. The van der Waals surface area contributed by atoms with Crippen LogP contribution in [-0.2, 0) is 0 Å². The zero-order valence-electron chi connectivity index (χ0n) is 9.54. The lowest BCUT2D eigenvalue weighted by molar-refractivity contribution is 0.111. The molecule has 15 heavy (non-hydrogen) atoms. The van der Waals surface area contributed by atoms with Crippen LogP contribution < -0.4 is 10.6 Å². The lowest BCUT2D eigenvalue weighted by atomic mass is 9.92. The summed E-state index contributed by atoms with van der Waals surface area (Å²) in [6.07, 6.45) is 8.32. The lowest BCUT2D eigenvalue weighted by Gasteiger charge is -2.30. The molecule has 3 atom stereocenters. The molecule has 0 bridgehead atoms. The van der Waals surface area contributed by atoms with Crippen molar-refractivity contribution in [2.75, 3.05) is 13.1 Å². The van der Waals surface area contributed by atoms with Crippen molar-refractivity contribution >= 4 is 0 Å². The van der Waals surface area contributed by atoms with Crippen molar-refractivity contribution < 1.29 is 5.11 Å². The van der Waals surface area contributed by atoms with Crippen LogP contribution in [0.25, 0.3) is 0 Å². The van der Waals surface area contributed by atoms with Gasteiger partial charge in [0, 0.05) is 18.6 Å². The molecule has 1 aliphatic carbocycles. The largest absolute Gasteiger partial charge is 0.393 e. The van der Waals surface area contributed by atoms with Gasteiger partial charge in [-0.15, -0.1) is 0 Å². The second-order valence-electron chi connectivity index (χ2n) is 5.07. The van der Waals surface area contributed by atoms with Gasteiger partial charge in [-0.25, -0.2) is 0 Å². The molecule has 2 aliphatic rings. The summed E-state index contributed by atoms with van der Waals surface area (Å²) >= 11 is 0. The molecule has 3 unspecified atom stereocenters. The molecule has 0 aromatic rings. The summed E-state index contributed by atoms with van der Waals surface area (Å²) in [5.41, 5.74) is 0. The summed E-state index contributed by atoms with van der Waals surface area (Å²) in [6, 6.07) is 1.22. The Balaban J connectivity index is 1.63. The Hall–Kier alpha value is -0.120. The van der Waals surface area contributed by atoms with Gasteiger partial charge >= 0.3 is 0 Å². The average molecular weight is 212 g/mol. The predicted octanol–water partition coefficient (Wildman–Crippen LogP) is 1.02. The highest BCUT2D eigenvalue weighted by molar-refractivity contribution is 4.81. The maximum atomic E-state index is 9.56. The van der Waals surface area contributed by atoms with Gasteiger partial charge in [-0.05, 0) is 45.1 Å². The van der Waals surface area contributed by atoms with Crippen molar-refractivity contribution in [3.63, 3.8) is 0 Å². The van der Waals surface area contributed by atoms with Crippen LogP contribution in [0, 0.1) is 0 Å². The van der Waals surface area contributed by atoms with Crippen LogP contribution in [0.4, 0.5) is 0 Å². The molecule has 0 radical (unpaired) electrons. The number of rotatable bonds is 3. The topological polar surface area (TPSA) is 44.3 Å². The molecule has 0 aromatic heterocycles. The van der Waals surface area contributed by atoms with Gasteiger partial charge in [-0.1, -0.05) is 6.42 Å². The quantitative estimate of drug-likeness (QED) is 0.654. The fourth-order valence-corrected chi connectivity index (χ4v) is 2.76. The standard InChI is InChI=1S/C12H24N2O/c15-12-6-3-5-10(8-12)14-9-11-4-1-2-7-13-11/h10-15H,1-9H2. The van der Waals surface area contributed by atoms with E-state index in [0.29, 0.717) is 12.1 Å². The fourth-order valence-electron chi connectivity index (χ4n) is 2.76. The number of nitrogens with one attached hydrogen (secondary N) is 2. The van der Waals surface area contributed by atoms with Crippen LogP contribution in [0.5, 0.6) is 0 Å². The van der Waals surface area contributed by atoms with E-state index in [1.165, 1.54) is 38.6 Å². The highest BCUT2D eigenvalue weighted by atomic mass is 16.3. The van der Waals surface area contributed by atoms with E-state index in [9.17, 15) is 5.11 Å². The molecule has 1 heterocycles. The molecule has 2 fully saturated rings. The monoisotopic (exact) mass is 212 g/mol. The Morgan fingerprint density at radius 1 is 1.13 bits per heavy atom. The molecule has 0 amide bonds. The normalized spacial score (nSPS) is 37.8. The Morgan fingerprint density at radius 2 is 2.07 bits per heavy atom. The van der Waals surface area contributed by atoms with Crippen LogP contribution in [-0.4, -0.2) is 36.4 Å². The molecule has 3 heteroatoms. The van der Waals surface area contributed by atoms with Gasteiger partial charge in [0.15, 0.2) is 0 Å². The first-order valence-electron chi connectivity index (χ1n) is 6.49. The van der Waals surface area contributed by atoms with E-state index in [1.54, 1.807) is 0 Å². The molecule has 1 aliphatic heterocycles. The van der Waals surface area contributed by atoms with Crippen molar-refractivity contribution in [3.8, 4) is 0 Å². The summed E-state index contributed by atoms with van der Waals surface area (Å²) in [5, 5.41) is 16.7.